The van der Waals surface area contributed by atoms with Crippen molar-refractivity contribution in [1.29, 1.82) is 0 Å². The van der Waals surface area contributed by atoms with Gasteiger partial charge in [-0.15, -0.1) is 0 Å². The molecule has 1 N–H and O–H groups in total. The van der Waals surface area contributed by atoms with Crippen LogP contribution in [0.3, 0.4) is 0 Å². The van der Waals surface area contributed by atoms with Crippen LogP contribution < -0.4 is 0 Å². The molecule has 162 valence electrons. The van der Waals surface area contributed by atoms with Gasteiger partial charge in [-0.25, -0.2) is 0 Å². The number of rotatable bonds is 6. The highest BCUT2D eigenvalue weighted by Gasteiger charge is 2.30. The molecule has 0 saturated carbocycles. The predicted molar refractivity (Wildman–Crippen MR) is 111 cm³/mol. The van der Waals surface area contributed by atoms with Gasteiger partial charge in [0.2, 0.25) is 0 Å². The van der Waals surface area contributed by atoms with Gasteiger partial charge in [-0.3, -0.25) is 14.5 Å². The smallest absolute Gasteiger partial charge is 0.383 e. The molecule has 9 nitrogen and oxygen atoms in total. The molecule has 2 aromatic rings. The van der Waals surface area contributed by atoms with Crippen molar-refractivity contribution in [3.8, 4) is 0 Å². The molecule has 30 heavy (non-hydrogen) atoms. The third-order valence-corrected chi connectivity index (χ3v) is 6.07. The van der Waals surface area contributed by atoms with Gasteiger partial charge in [-0.1, -0.05) is 6.07 Å². The number of imidazole rings is 1. The van der Waals surface area contributed by atoms with Crippen molar-refractivity contribution < 1.29 is 14.8 Å². The van der Waals surface area contributed by atoms with Crippen molar-refractivity contribution in [2.75, 3.05) is 26.3 Å². The van der Waals surface area contributed by atoms with Crippen LogP contribution in [0.4, 0.5) is 5.82 Å². The first-order chi connectivity index (χ1) is 14.3. The Morgan fingerprint density at radius 1 is 1.33 bits per heavy atom. The van der Waals surface area contributed by atoms with Crippen molar-refractivity contribution in [3.63, 3.8) is 0 Å². The van der Waals surface area contributed by atoms with Crippen molar-refractivity contribution in [2.45, 2.75) is 50.8 Å². The van der Waals surface area contributed by atoms with Crippen molar-refractivity contribution in [1.82, 2.24) is 19.4 Å². The highest BCUT2D eigenvalue weighted by Crippen LogP contribution is 2.28. The second-order valence-corrected chi connectivity index (χ2v) is 8.78. The van der Waals surface area contributed by atoms with E-state index in [0.29, 0.717) is 19.0 Å². The average molecular weight is 436 g/mol. The first kappa shape index (κ1) is 21.2. The van der Waals surface area contributed by atoms with Crippen LogP contribution in [0.15, 0.2) is 18.3 Å². The summed E-state index contributed by atoms with van der Waals surface area (Å²) in [5.41, 5.74) is 2.37. The summed E-state index contributed by atoms with van der Waals surface area (Å²) in [4.78, 5) is 21.1. The standard InChI is InChI=1S/C20H26ClN5O4/c1-20(27,13-25-11-18(26(28)29)23-19(25)21)12-24-7-4-17-15(10-24)2-3-16(22-17)14-5-8-30-9-6-14/h2-3,11,14,27H,4-10,12-13H2,1H3/t20-/m0/s1. The average Bonchev–Trinajstić information content (AvgIpc) is 3.08. The van der Waals surface area contributed by atoms with Gasteiger partial charge >= 0.3 is 11.1 Å². The molecule has 0 amide bonds. The van der Waals surface area contributed by atoms with Crippen molar-refractivity contribution in [2.24, 2.45) is 0 Å². The highest BCUT2D eigenvalue weighted by atomic mass is 35.5. The Kier molecular flexibility index (Phi) is 6.06. The number of pyridine rings is 1. The van der Waals surface area contributed by atoms with Gasteiger partial charge < -0.3 is 20.0 Å². The molecular weight excluding hydrogens is 410 g/mol. The lowest BCUT2D eigenvalue weighted by molar-refractivity contribution is -0.389. The molecular formula is C20H26ClN5O4. The van der Waals surface area contributed by atoms with Gasteiger partial charge in [0.25, 0.3) is 0 Å². The molecule has 0 bridgehead atoms. The first-order valence-corrected chi connectivity index (χ1v) is 10.6. The van der Waals surface area contributed by atoms with Gasteiger partial charge in [-0.05, 0) is 52.9 Å². The molecule has 0 radical (unpaired) electrons. The Bertz CT molecular complexity index is 926. The number of halogens is 1. The Labute approximate surface area is 179 Å². The van der Waals surface area contributed by atoms with E-state index in [-0.39, 0.29) is 17.6 Å². The van der Waals surface area contributed by atoms with E-state index in [0.717, 1.165) is 50.4 Å². The molecule has 2 aliphatic rings. The van der Waals surface area contributed by atoms with Crippen molar-refractivity contribution >= 4 is 17.4 Å². The summed E-state index contributed by atoms with van der Waals surface area (Å²) < 4.78 is 6.87. The maximum absolute atomic E-state index is 10.9. The number of β-amino-alcohol motifs (C(OH)–C–C–N with tert-alkyl or cyclic N) is 1. The third-order valence-electron chi connectivity index (χ3n) is 5.77. The molecule has 4 heterocycles. The van der Waals surface area contributed by atoms with E-state index < -0.39 is 10.5 Å². The lowest BCUT2D eigenvalue weighted by atomic mass is 9.94. The zero-order valence-corrected chi connectivity index (χ0v) is 17.7. The summed E-state index contributed by atoms with van der Waals surface area (Å²) in [6.45, 7) is 5.35. The third kappa shape index (κ3) is 4.80. The number of nitrogens with zero attached hydrogens (tertiary/aromatic N) is 5. The molecule has 0 aliphatic carbocycles. The molecule has 10 heteroatoms. The zero-order chi connectivity index (χ0) is 21.3. The molecule has 0 aromatic carbocycles. The van der Waals surface area contributed by atoms with E-state index in [4.69, 9.17) is 21.3 Å². The summed E-state index contributed by atoms with van der Waals surface area (Å²) in [5, 5.41) is 21.8. The molecule has 2 aromatic heterocycles. The maximum Gasteiger partial charge on any atom is 0.383 e. The Morgan fingerprint density at radius 3 is 2.80 bits per heavy atom. The van der Waals surface area contributed by atoms with Gasteiger partial charge in [0.05, 0.1) is 12.1 Å². The minimum Gasteiger partial charge on any atom is -0.387 e. The van der Waals surface area contributed by atoms with E-state index in [1.807, 2.05) is 0 Å². The lowest BCUT2D eigenvalue weighted by Crippen LogP contribution is -2.45. The van der Waals surface area contributed by atoms with Gasteiger partial charge in [0.1, 0.15) is 6.20 Å². The second kappa shape index (κ2) is 8.58. The minimum atomic E-state index is -1.12. The molecule has 2 aliphatic heterocycles. The normalized spacial score (nSPS) is 20.0. The van der Waals surface area contributed by atoms with E-state index >= 15 is 0 Å². The fourth-order valence-electron chi connectivity index (χ4n) is 4.32. The van der Waals surface area contributed by atoms with Crippen LogP contribution in [0.5, 0.6) is 0 Å². The van der Waals surface area contributed by atoms with Crippen LogP contribution in [0.2, 0.25) is 5.28 Å². The molecule has 1 fully saturated rings. The number of hydrogen-bond acceptors (Lipinski definition) is 7. The monoisotopic (exact) mass is 435 g/mol. The van der Waals surface area contributed by atoms with Crippen LogP contribution in [0.25, 0.3) is 0 Å². The summed E-state index contributed by atoms with van der Waals surface area (Å²) in [6, 6.07) is 4.28. The molecule has 0 spiro atoms. The van der Waals surface area contributed by atoms with E-state index in [1.165, 1.54) is 16.3 Å². The largest absolute Gasteiger partial charge is 0.387 e. The zero-order valence-electron chi connectivity index (χ0n) is 17.0. The Balaban J connectivity index is 1.40. The van der Waals surface area contributed by atoms with Gasteiger partial charge in [0.15, 0.2) is 0 Å². The fourth-order valence-corrected chi connectivity index (χ4v) is 4.52. The van der Waals surface area contributed by atoms with Crippen LogP contribution >= 0.6 is 11.6 Å². The summed E-state index contributed by atoms with van der Waals surface area (Å²) in [6.07, 6.45) is 4.13. The van der Waals surface area contributed by atoms with Crippen LogP contribution in [0.1, 0.15) is 42.6 Å². The quantitative estimate of drug-likeness (QED) is 0.548. The fraction of sp³-hybridized carbons (Fsp3) is 0.600. The molecule has 1 saturated heterocycles. The summed E-state index contributed by atoms with van der Waals surface area (Å²) >= 11 is 5.99. The second-order valence-electron chi connectivity index (χ2n) is 8.44. The minimum absolute atomic E-state index is 0.00388. The highest BCUT2D eigenvalue weighted by molar-refractivity contribution is 6.28. The number of nitro groups is 1. The van der Waals surface area contributed by atoms with Crippen LogP contribution in [-0.4, -0.2) is 61.4 Å². The van der Waals surface area contributed by atoms with Gasteiger partial charge in [0, 0.05) is 56.6 Å². The number of ether oxygens (including phenoxy) is 1. The maximum atomic E-state index is 10.9. The summed E-state index contributed by atoms with van der Waals surface area (Å²) in [5.74, 6) is 0.154. The Hall–Kier alpha value is -2.07. The lowest BCUT2D eigenvalue weighted by Gasteiger charge is -2.35. The molecule has 0 unspecified atom stereocenters. The van der Waals surface area contributed by atoms with E-state index in [2.05, 4.69) is 22.0 Å². The topological polar surface area (TPSA) is 107 Å². The Morgan fingerprint density at radius 2 is 2.10 bits per heavy atom. The molecule has 4 rings (SSSR count). The number of aliphatic hydroxyl groups is 1. The first-order valence-electron chi connectivity index (χ1n) is 10.2. The molecule has 1 atom stereocenters. The van der Waals surface area contributed by atoms with Crippen molar-refractivity contribution in [3.05, 3.63) is 50.7 Å². The van der Waals surface area contributed by atoms with E-state index in [9.17, 15) is 15.2 Å². The predicted octanol–water partition coefficient (Wildman–Crippen LogP) is 2.54. The number of fused-ring (bicyclic) bond motifs is 1. The SMILES string of the molecule is C[C@](O)(CN1CCc2nc(C3CCOCC3)ccc2C1)Cn1cc([N+](=O)[O-])nc1Cl. The van der Waals surface area contributed by atoms with E-state index in [1.54, 1.807) is 6.92 Å². The van der Waals surface area contributed by atoms with Crippen LogP contribution in [0, 0.1) is 10.1 Å². The number of hydrogen-bond donors (Lipinski definition) is 1. The summed E-state index contributed by atoms with van der Waals surface area (Å²) in [7, 11) is 0. The van der Waals surface area contributed by atoms with Crippen LogP contribution in [-0.2, 0) is 24.2 Å². The van der Waals surface area contributed by atoms with Gasteiger partial charge in [-0.2, -0.15) is 0 Å². The number of aromatic nitrogens is 3.